The molecule has 0 fully saturated rings. The monoisotopic (exact) mass is 218 g/mol. The lowest BCUT2D eigenvalue weighted by molar-refractivity contribution is 0.134. The fraction of sp³-hybridized carbons (Fsp3) is 0.182. The Morgan fingerprint density at radius 1 is 1.31 bits per heavy atom. The minimum absolute atomic E-state index is 0.164. The second-order valence-corrected chi connectivity index (χ2v) is 3.70. The van der Waals surface area contributed by atoms with Gasteiger partial charge in [0.25, 0.3) is 0 Å². The maximum atomic E-state index is 9.86. The van der Waals surface area contributed by atoms with E-state index in [1.165, 1.54) is 0 Å². The van der Waals surface area contributed by atoms with Gasteiger partial charge in [0, 0.05) is 6.07 Å². The van der Waals surface area contributed by atoms with Gasteiger partial charge in [-0.25, -0.2) is 0 Å². The summed E-state index contributed by atoms with van der Waals surface area (Å²) in [6.45, 7) is 1.04. The molecule has 0 atom stereocenters. The number of aromatic nitrogens is 1. The average molecular weight is 218 g/mol. The van der Waals surface area contributed by atoms with Gasteiger partial charge >= 0.3 is 0 Å². The lowest BCUT2D eigenvalue weighted by atomic mass is 10.00. The maximum Gasteiger partial charge on any atom is 0.222 e. The van der Waals surface area contributed by atoms with Crippen LogP contribution in [0.5, 0.6) is 5.75 Å². The second-order valence-electron chi connectivity index (χ2n) is 3.70. The van der Waals surface area contributed by atoms with E-state index >= 15 is 0 Å². The normalized spacial score (nSPS) is 14.0. The number of phenolic OH excluding ortho intramolecular Hbond substituents is 1. The summed E-state index contributed by atoms with van der Waals surface area (Å²) in [5, 5.41) is 13.7. The van der Waals surface area contributed by atoms with Crippen molar-refractivity contribution in [3.63, 3.8) is 0 Å². The van der Waals surface area contributed by atoms with E-state index in [0.29, 0.717) is 24.5 Å². The van der Waals surface area contributed by atoms with Gasteiger partial charge in [0.1, 0.15) is 11.4 Å². The molecule has 0 radical (unpaired) electrons. The number of phenols is 1. The fourth-order valence-electron chi connectivity index (χ4n) is 1.93. The molecule has 16 heavy (non-hydrogen) atoms. The lowest BCUT2D eigenvalue weighted by Crippen LogP contribution is -1.89. The number of hydrogen-bond acceptors (Lipinski definition) is 5. The van der Waals surface area contributed by atoms with Gasteiger partial charge in [-0.05, 0) is 17.2 Å². The smallest absolute Gasteiger partial charge is 0.222 e. The summed E-state index contributed by atoms with van der Waals surface area (Å²) in [5.41, 5.74) is 8.67. The van der Waals surface area contributed by atoms with Crippen LogP contribution in [-0.4, -0.2) is 10.3 Å². The van der Waals surface area contributed by atoms with Crippen molar-refractivity contribution in [1.29, 1.82) is 0 Å². The summed E-state index contributed by atoms with van der Waals surface area (Å²) >= 11 is 0. The van der Waals surface area contributed by atoms with Crippen LogP contribution < -0.4 is 5.73 Å². The summed E-state index contributed by atoms with van der Waals surface area (Å²) in [6, 6.07) is 5.08. The van der Waals surface area contributed by atoms with Crippen molar-refractivity contribution < 1.29 is 14.4 Å². The van der Waals surface area contributed by atoms with Crippen molar-refractivity contribution in [2.75, 3.05) is 5.73 Å². The average Bonchev–Trinajstić information content (AvgIpc) is 2.86. The number of hydrogen-bond donors (Lipinski definition) is 2. The number of nitrogen functional groups attached to an aromatic ring is 1. The van der Waals surface area contributed by atoms with Crippen molar-refractivity contribution in [1.82, 2.24) is 5.16 Å². The van der Waals surface area contributed by atoms with E-state index in [0.717, 1.165) is 11.1 Å². The van der Waals surface area contributed by atoms with Crippen molar-refractivity contribution in [2.24, 2.45) is 0 Å². The molecule has 0 bridgehead atoms. The topological polar surface area (TPSA) is 81.5 Å². The van der Waals surface area contributed by atoms with E-state index < -0.39 is 0 Å². The largest absolute Gasteiger partial charge is 0.507 e. The summed E-state index contributed by atoms with van der Waals surface area (Å²) < 4.78 is 10.1. The van der Waals surface area contributed by atoms with Gasteiger partial charge in [-0.3, -0.25) is 0 Å². The number of ether oxygens (including phenoxy) is 1. The summed E-state index contributed by atoms with van der Waals surface area (Å²) in [7, 11) is 0. The number of nitrogens with two attached hydrogens (primary N) is 1. The molecule has 0 spiro atoms. The van der Waals surface area contributed by atoms with Gasteiger partial charge in [-0.1, -0.05) is 11.2 Å². The molecule has 2 aromatic rings. The molecule has 2 heterocycles. The maximum absolute atomic E-state index is 9.86. The van der Waals surface area contributed by atoms with Crippen LogP contribution in [0.2, 0.25) is 0 Å². The predicted molar refractivity (Wildman–Crippen MR) is 56.5 cm³/mol. The zero-order chi connectivity index (χ0) is 11.1. The van der Waals surface area contributed by atoms with E-state index in [1.807, 2.05) is 6.07 Å². The molecule has 1 aromatic heterocycles. The molecule has 5 nitrogen and oxygen atoms in total. The van der Waals surface area contributed by atoms with Crippen LogP contribution in [0.4, 0.5) is 5.88 Å². The van der Waals surface area contributed by atoms with Crippen LogP contribution in [0.3, 0.4) is 0 Å². The third-order valence-electron chi connectivity index (χ3n) is 2.68. The standard InChI is InChI=1S/C11H10N2O3/c12-10-3-8(13-16-10)11-7-5-15-4-6(7)1-2-9(11)14/h1-3,14H,4-5,12H2. The highest BCUT2D eigenvalue weighted by atomic mass is 16.5. The van der Waals surface area contributed by atoms with Crippen LogP contribution in [-0.2, 0) is 18.0 Å². The second kappa shape index (κ2) is 3.24. The van der Waals surface area contributed by atoms with Crippen LogP contribution in [0, 0.1) is 0 Å². The van der Waals surface area contributed by atoms with E-state index in [-0.39, 0.29) is 11.6 Å². The Morgan fingerprint density at radius 2 is 2.19 bits per heavy atom. The minimum atomic E-state index is 0.164. The highest BCUT2D eigenvalue weighted by molar-refractivity contribution is 5.73. The molecule has 0 amide bonds. The van der Waals surface area contributed by atoms with Crippen molar-refractivity contribution in [2.45, 2.75) is 13.2 Å². The molecule has 0 unspecified atom stereocenters. The molecule has 3 rings (SSSR count). The lowest BCUT2D eigenvalue weighted by Gasteiger charge is -2.06. The van der Waals surface area contributed by atoms with Gasteiger partial charge in [-0.15, -0.1) is 0 Å². The number of rotatable bonds is 1. The number of anilines is 1. The van der Waals surface area contributed by atoms with Crippen LogP contribution in [0.15, 0.2) is 22.7 Å². The molecule has 1 aromatic carbocycles. The highest BCUT2D eigenvalue weighted by Crippen LogP contribution is 2.37. The molecule has 1 aliphatic rings. The van der Waals surface area contributed by atoms with Gasteiger partial charge in [0.15, 0.2) is 0 Å². The minimum Gasteiger partial charge on any atom is -0.507 e. The van der Waals surface area contributed by atoms with E-state index in [4.69, 9.17) is 15.0 Å². The van der Waals surface area contributed by atoms with Crippen molar-refractivity contribution in [3.05, 3.63) is 29.3 Å². The zero-order valence-electron chi connectivity index (χ0n) is 8.43. The van der Waals surface area contributed by atoms with E-state index in [1.54, 1.807) is 12.1 Å². The van der Waals surface area contributed by atoms with Gasteiger partial charge in [0.2, 0.25) is 5.88 Å². The van der Waals surface area contributed by atoms with E-state index in [2.05, 4.69) is 5.16 Å². The van der Waals surface area contributed by atoms with Gasteiger partial charge in [-0.2, -0.15) is 0 Å². The molecule has 0 saturated heterocycles. The van der Waals surface area contributed by atoms with E-state index in [9.17, 15) is 5.11 Å². The first kappa shape index (κ1) is 9.23. The third-order valence-corrected chi connectivity index (χ3v) is 2.68. The first-order chi connectivity index (χ1) is 7.75. The first-order valence-electron chi connectivity index (χ1n) is 4.90. The Hall–Kier alpha value is -2.01. The van der Waals surface area contributed by atoms with Crippen LogP contribution in [0.1, 0.15) is 11.1 Å². The molecule has 5 heteroatoms. The van der Waals surface area contributed by atoms with Gasteiger partial charge in [0.05, 0.1) is 18.8 Å². The number of benzene rings is 1. The Morgan fingerprint density at radius 3 is 2.94 bits per heavy atom. The summed E-state index contributed by atoms with van der Waals surface area (Å²) in [6.07, 6.45) is 0. The number of fused-ring (bicyclic) bond motifs is 1. The van der Waals surface area contributed by atoms with Crippen LogP contribution >= 0.6 is 0 Å². The first-order valence-corrected chi connectivity index (χ1v) is 4.90. The summed E-state index contributed by atoms with van der Waals surface area (Å²) in [4.78, 5) is 0. The van der Waals surface area contributed by atoms with Gasteiger partial charge < -0.3 is 20.1 Å². The Balaban J connectivity index is 2.23. The zero-order valence-corrected chi connectivity index (χ0v) is 8.43. The fourth-order valence-corrected chi connectivity index (χ4v) is 1.93. The predicted octanol–water partition coefficient (Wildman–Crippen LogP) is 1.66. The number of aromatic hydroxyl groups is 1. The molecular formula is C11H10N2O3. The molecular weight excluding hydrogens is 208 g/mol. The quantitative estimate of drug-likeness (QED) is 0.760. The SMILES string of the molecule is Nc1cc(-c2c(O)ccc3c2COC3)no1. The number of nitrogens with zero attached hydrogens (tertiary/aromatic N) is 1. The Labute approximate surface area is 91.4 Å². The third kappa shape index (κ3) is 1.25. The summed E-state index contributed by atoms with van der Waals surface area (Å²) in [5.74, 6) is 0.392. The Kier molecular flexibility index (Phi) is 1.87. The molecule has 0 saturated carbocycles. The Bertz CT molecular complexity index is 548. The molecule has 3 N–H and O–H groups in total. The van der Waals surface area contributed by atoms with Crippen molar-refractivity contribution >= 4 is 5.88 Å². The highest BCUT2D eigenvalue weighted by Gasteiger charge is 2.21. The molecule has 1 aliphatic heterocycles. The molecule has 82 valence electrons. The molecule has 0 aliphatic carbocycles. The van der Waals surface area contributed by atoms with Crippen molar-refractivity contribution in [3.8, 4) is 17.0 Å². The van der Waals surface area contributed by atoms with Crippen LogP contribution in [0.25, 0.3) is 11.3 Å².